The van der Waals surface area contributed by atoms with Crippen molar-refractivity contribution in [2.24, 2.45) is 0 Å². The number of benzene rings is 5. The number of imidazole rings is 2. The average molecular weight is 813 g/mol. The van der Waals surface area contributed by atoms with Crippen LogP contribution in [0.4, 0.5) is 0 Å². The lowest BCUT2D eigenvalue weighted by molar-refractivity contribution is -0.144. The van der Waals surface area contributed by atoms with E-state index >= 15 is 0 Å². The lowest BCUT2D eigenvalue weighted by Crippen LogP contribution is -2.35. The molecule has 2 aliphatic heterocycles. The van der Waals surface area contributed by atoms with Gasteiger partial charge in [0, 0.05) is 27.3 Å². The number of ether oxygens (including phenoxy) is 2. The minimum Gasteiger partial charge on any atom is -0.367 e. The molecule has 0 aliphatic carbocycles. The standard InChI is InChI=1S/C46H44N6O4.2H2S/c1-55-41(31-11-5-3-6-12-31)45(53)51-25-9-15-39(51)43-47-35-23-21-33(27-37(35)49-43)29-17-19-30(20-18-29)34-22-24-36-38(28-34)50-44(48-36)40-16-10-26-52(40)46(54)42(56-2)32-13-7-4-8-14-32;;/h3-8,11-14,17-24,27-28,39-42H,9-10,15-16,25-26H2,1-2H3,(H,47,49)(H,48,50);2*1H2/t39-,40-,41+,42+;;/m0../s1. The summed E-state index contributed by atoms with van der Waals surface area (Å²) < 4.78 is 11.4. The van der Waals surface area contributed by atoms with Gasteiger partial charge in [-0.15, -0.1) is 0 Å². The third-order valence-electron chi connectivity index (χ3n) is 11.4. The van der Waals surface area contributed by atoms with Crippen molar-refractivity contribution in [2.45, 2.75) is 50.0 Å². The number of methoxy groups -OCH3 is 2. The Balaban J connectivity index is 0.00000256. The van der Waals surface area contributed by atoms with Crippen LogP contribution in [0, 0.1) is 0 Å². The second kappa shape index (κ2) is 17.6. The molecule has 4 heterocycles. The van der Waals surface area contributed by atoms with Crippen LogP contribution in [0.25, 0.3) is 44.3 Å². The maximum absolute atomic E-state index is 13.7. The molecule has 2 saturated heterocycles. The van der Waals surface area contributed by atoms with Crippen LogP contribution in [0.3, 0.4) is 0 Å². The molecule has 2 amide bonds. The Hall–Kier alpha value is -5.40. The van der Waals surface area contributed by atoms with Gasteiger partial charge in [0.1, 0.15) is 11.6 Å². The topological polar surface area (TPSA) is 116 Å². The molecule has 2 aliphatic rings. The van der Waals surface area contributed by atoms with Gasteiger partial charge in [0.05, 0.1) is 34.2 Å². The Kier molecular flexibility index (Phi) is 12.4. The number of rotatable bonds is 10. The fraction of sp³-hybridized carbons (Fsp3) is 0.261. The lowest BCUT2D eigenvalue weighted by Gasteiger charge is -2.27. The fourth-order valence-electron chi connectivity index (χ4n) is 8.53. The molecule has 9 rings (SSSR count). The van der Waals surface area contributed by atoms with Crippen molar-refractivity contribution in [3.05, 3.63) is 144 Å². The molecule has 2 fully saturated rings. The number of likely N-dealkylation sites (tertiary alicyclic amines) is 2. The normalized spacial score (nSPS) is 17.6. The molecule has 4 atom stereocenters. The molecule has 0 bridgehead atoms. The molecule has 5 aromatic carbocycles. The average Bonchev–Trinajstić information content (AvgIpc) is 4.07. The zero-order chi connectivity index (χ0) is 38.2. The number of nitrogens with zero attached hydrogens (tertiary/aromatic N) is 4. The van der Waals surface area contributed by atoms with Gasteiger partial charge in [-0.05, 0) is 83.3 Å². The van der Waals surface area contributed by atoms with Crippen LogP contribution in [0.15, 0.2) is 121 Å². The molecule has 7 aromatic rings. The van der Waals surface area contributed by atoms with Gasteiger partial charge in [0.2, 0.25) is 0 Å². The van der Waals surface area contributed by atoms with E-state index in [-0.39, 0.29) is 50.9 Å². The number of carbonyl (C=O) groups excluding carboxylic acids is 2. The van der Waals surface area contributed by atoms with Gasteiger partial charge < -0.3 is 29.2 Å². The summed E-state index contributed by atoms with van der Waals surface area (Å²) in [5.74, 6) is 1.53. The van der Waals surface area contributed by atoms with E-state index in [0.29, 0.717) is 13.1 Å². The van der Waals surface area contributed by atoms with Gasteiger partial charge in [-0.25, -0.2) is 9.97 Å². The van der Waals surface area contributed by atoms with Crippen LogP contribution < -0.4 is 0 Å². The smallest absolute Gasteiger partial charge is 0.256 e. The first-order chi connectivity index (χ1) is 27.5. The summed E-state index contributed by atoms with van der Waals surface area (Å²) in [4.78, 5) is 48.2. The minimum absolute atomic E-state index is 0. The Morgan fingerprint density at radius 1 is 0.569 bits per heavy atom. The second-order valence-electron chi connectivity index (χ2n) is 14.7. The molecule has 2 aromatic heterocycles. The third-order valence-corrected chi connectivity index (χ3v) is 11.4. The third kappa shape index (κ3) is 7.77. The van der Waals surface area contributed by atoms with Gasteiger partial charge in [-0.2, -0.15) is 27.0 Å². The zero-order valence-corrected chi connectivity index (χ0v) is 34.5. The summed E-state index contributed by atoms with van der Waals surface area (Å²) in [6.07, 6.45) is 2.22. The largest absolute Gasteiger partial charge is 0.367 e. The summed E-state index contributed by atoms with van der Waals surface area (Å²) in [6, 6.07) is 40.2. The Bertz CT molecular complexity index is 2330. The molecule has 0 spiro atoms. The monoisotopic (exact) mass is 812 g/mol. The predicted octanol–water partition coefficient (Wildman–Crippen LogP) is 9.10. The summed E-state index contributed by atoms with van der Waals surface area (Å²) in [5, 5.41) is 0. The van der Waals surface area contributed by atoms with E-state index in [1.165, 1.54) is 0 Å². The fourth-order valence-corrected chi connectivity index (χ4v) is 8.53. The van der Waals surface area contributed by atoms with Crippen molar-refractivity contribution < 1.29 is 19.1 Å². The van der Waals surface area contributed by atoms with Crippen molar-refractivity contribution in [3.63, 3.8) is 0 Å². The van der Waals surface area contributed by atoms with E-state index in [1.54, 1.807) is 14.2 Å². The van der Waals surface area contributed by atoms with Gasteiger partial charge in [-0.1, -0.05) is 97.1 Å². The SMILES string of the molecule is CO[C@@H](C(=O)N1CCC[C@H]1c1nc2ccc(-c3ccc(-c4ccc5nc([C@@H]6CCCN6C(=O)[C@H](OC)c6ccccc6)[nH]c5c4)cc3)cc2[nH]1)c1ccccc1.S.S. The van der Waals surface area contributed by atoms with Crippen molar-refractivity contribution >= 4 is 60.9 Å². The molecule has 58 heavy (non-hydrogen) atoms. The number of carbonyl (C=O) groups is 2. The van der Waals surface area contributed by atoms with Crippen molar-refractivity contribution in [1.82, 2.24) is 29.7 Å². The zero-order valence-electron chi connectivity index (χ0n) is 32.5. The van der Waals surface area contributed by atoms with E-state index < -0.39 is 12.2 Å². The number of hydrogen-bond acceptors (Lipinski definition) is 6. The summed E-state index contributed by atoms with van der Waals surface area (Å²) in [5.41, 5.74) is 9.67. The van der Waals surface area contributed by atoms with Crippen LogP contribution >= 0.6 is 27.0 Å². The van der Waals surface area contributed by atoms with E-state index in [9.17, 15) is 9.59 Å². The highest BCUT2D eigenvalue weighted by Gasteiger charge is 2.38. The van der Waals surface area contributed by atoms with Gasteiger partial charge in [0.25, 0.3) is 11.8 Å². The minimum atomic E-state index is -0.649. The number of fused-ring (bicyclic) bond motifs is 2. The highest BCUT2D eigenvalue weighted by Crippen LogP contribution is 2.37. The van der Waals surface area contributed by atoms with Crippen molar-refractivity contribution in [2.75, 3.05) is 27.3 Å². The van der Waals surface area contributed by atoms with Crippen LogP contribution in [0.5, 0.6) is 0 Å². The number of H-pyrrole nitrogens is 2. The van der Waals surface area contributed by atoms with Crippen molar-refractivity contribution in [1.29, 1.82) is 0 Å². The summed E-state index contributed by atoms with van der Waals surface area (Å²) >= 11 is 0. The first kappa shape index (κ1) is 40.8. The molecule has 12 heteroatoms. The Labute approximate surface area is 351 Å². The summed E-state index contributed by atoms with van der Waals surface area (Å²) in [6.45, 7) is 1.34. The predicted molar refractivity (Wildman–Crippen MR) is 237 cm³/mol. The lowest BCUT2D eigenvalue weighted by atomic mass is 10.00. The molecule has 0 unspecified atom stereocenters. The molecule has 2 N–H and O–H groups in total. The number of amides is 2. The summed E-state index contributed by atoms with van der Waals surface area (Å²) in [7, 11) is 3.18. The number of aromatic amines is 2. The highest BCUT2D eigenvalue weighted by molar-refractivity contribution is 7.59. The molecule has 0 saturated carbocycles. The van der Waals surface area contributed by atoms with Gasteiger partial charge >= 0.3 is 0 Å². The molecule has 0 radical (unpaired) electrons. The maximum atomic E-state index is 13.7. The van der Waals surface area contributed by atoms with E-state index in [2.05, 4.69) is 58.5 Å². The van der Waals surface area contributed by atoms with Crippen LogP contribution in [-0.4, -0.2) is 68.9 Å². The Morgan fingerprint density at radius 3 is 1.33 bits per heavy atom. The highest BCUT2D eigenvalue weighted by atomic mass is 32.1. The van der Waals surface area contributed by atoms with E-state index in [0.717, 1.165) is 92.8 Å². The molecule has 10 nitrogen and oxygen atoms in total. The number of hydrogen-bond donors (Lipinski definition) is 2. The Morgan fingerprint density at radius 2 is 0.948 bits per heavy atom. The number of aromatic nitrogens is 4. The van der Waals surface area contributed by atoms with Gasteiger partial charge in [-0.3, -0.25) is 9.59 Å². The first-order valence-electron chi connectivity index (χ1n) is 19.4. The van der Waals surface area contributed by atoms with E-state index in [1.807, 2.05) is 82.6 Å². The van der Waals surface area contributed by atoms with Crippen molar-refractivity contribution in [3.8, 4) is 22.3 Å². The molecule has 298 valence electrons. The van der Waals surface area contributed by atoms with E-state index in [4.69, 9.17) is 19.4 Å². The first-order valence-corrected chi connectivity index (χ1v) is 19.4. The molecular weight excluding hydrogens is 765 g/mol. The van der Waals surface area contributed by atoms with Crippen LogP contribution in [0.1, 0.15) is 72.8 Å². The van der Waals surface area contributed by atoms with Crippen LogP contribution in [0.2, 0.25) is 0 Å². The maximum Gasteiger partial charge on any atom is 0.256 e. The quantitative estimate of drug-likeness (QED) is 0.142. The van der Waals surface area contributed by atoms with Gasteiger partial charge in [0.15, 0.2) is 12.2 Å². The van der Waals surface area contributed by atoms with Crippen LogP contribution in [-0.2, 0) is 19.1 Å². The second-order valence-corrected chi connectivity index (χ2v) is 14.7. The molecular formula is C46H48N6O4S2. The number of nitrogens with one attached hydrogen (secondary N) is 2.